The Bertz CT molecular complexity index is 348. The number of ether oxygens (including phenoxy) is 1. The summed E-state index contributed by atoms with van der Waals surface area (Å²) in [5, 5.41) is 3.45. The number of rotatable bonds is 7. The van der Waals surface area contributed by atoms with Crippen LogP contribution in [0, 0.1) is 0 Å². The fourth-order valence-corrected chi connectivity index (χ4v) is 3.34. The van der Waals surface area contributed by atoms with Crippen LogP contribution < -0.4 is 5.32 Å². The number of alkyl halides is 1. The molecule has 1 N–H and O–H groups in total. The highest BCUT2D eigenvalue weighted by atomic mass is 35.5. The van der Waals surface area contributed by atoms with E-state index in [1.165, 1.54) is 16.2 Å². The van der Waals surface area contributed by atoms with Crippen LogP contribution in [0.3, 0.4) is 0 Å². The maximum absolute atomic E-state index is 5.53. The summed E-state index contributed by atoms with van der Waals surface area (Å²) in [6.07, 6.45) is 0. The van der Waals surface area contributed by atoms with Gasteiger partial charge in [0.05, 0.1) is 13.2 Å². The third kappa shape index (κ3) is 3.88. The maximum Gasteiger partial charge on any atom is 0.0602 e. The largest absolute Gasteiger partial charge is 0.379 e. The lowest BCUT2D eigenvalue weighted by atomic mass is 10.0. The minimum absolute atomic E-state index is 0.576. The summed E-state index contributed by atoms with van der Waals surface area (Å²) < 4.78 is 5.32. The van der Waals surface area contributed by atoms with Crippen molar-refractivity contribution in [3.05, 3.63) is 29.8 Å². The van der Waals surface area contributed by atoms with E-state index in [1.54, 1.807) is 0 Å². The molecule has 1 aliphatic heterocycles. The van der Waals surface area contributed by atoms with Crippen LogP contribution in [0.1, 0.15) is 11.5 Å². The molecule has 4 heteroatoms. The molecule has 0 aliphatic carbocycles. The topological polar surface area (TPSA) is 21.3 Å². The Kier molecular flexibility index (Phi) is 5.65. The first kappa shape index (κ1) is 13.2. The molecule has 1 aliphatic rings. The van der Waals surface area contributed by atoms with Gasteiger partial charge in [0.25, 0.3) is 0 Å². The number of nitrogens with one attached hydrogen (secondary N) is 1. The van der Waals surface area contributed by atoms with Gasteiger partial charge in [-0.15, -0.1) is 23.4 Å². The van der Waals surface area contributed by atoms with Gasteiger partial charge in [-0.1, -0.05) is 18.2 Å². The van der Waals surface area contributed by atoms with Crippen LogP contribution in [0.25, 0.3) is 0 Å². The van der Waals surface area contributed by atoms with Crippen LogP contribution in [0.15, 0.2) is 29.2 Å². The Hall–Kier alpha value is -0.220. The summed E-state index contributed by atoms with van der Waals surface area (Å²) in [5.74, 6) is 2.41. The second-order valence-electron chi connectivity index (χ2n) is 4.05. The SMILES string of the molecule is ClCCOCCNCC1CSc2ccccc21. The van der Waals surface area contributed by atoms with E-state index >= 15 is 0 Å². The van der Waals surface area contributed by atoms with Gasteiger partial charge in [-0.3, -0.25) is 0 Å². The molecule has 0 bridgehead atoms. The molecule has 0 amide bonds. The Morgan fingerprint density at radius 2 is 2.24 bits per heavy atom. The Balaban J connectivity index is 1.68. The molecule has 1 aromatic rings. The van der Waals surface area contributed by atoms with Crippen molar-refractivity contribution in [3.63, 3.8) is 0 Å². The fourth-order valence-electron chi connectivity index (χ4n) is 1.98. The highest BCUT2D eigenvalue weighted by molar-refractivity contribution is 7.99. The normalized spacial score (nSPS) is 18.3. The second kappa shape index (κ2) is 7.27. The quantitative estimate of drug-likeness (QED) is 0.609. The maximum atomic E-state index is 5.53. The predicted molar refractivity (Wildman–Crippen MR) is 74.3 cm³/mol. The van der Waals surface area contributed by atoms with Crippen molar-refractivity contribution in [1.82, 2.24) is 5.32 Å². The Labute approximate surface area is 112 Å². The molecule has 0 spiro atoms. The molecule has 2 rings (SSSR count). The van der Waals surface area contributed by atoms with Crippen molar-refractivity contribution in [1.29, 1.82) is 0 Å². The average Bonchev–Trinajstić information content (AvgIpc) is 2.77. The number of halogens is 1. The minimum atomic E-state index is 0.576. The van der Waals surface area contributed by atoms with Gasteiger partial charge < -0.3 is 10.1 Å². The number of fused-ring (bicyclic) bond motifs is 1. The molecule has 0 aromatic heterocycles. The summed E-state index contributed by atoms with van der Waals surface area (Å²) in [7, 11) is 0. The lowest BCUT2D eigenvalue weighted by Gasteiger charge is -2.11. The van der Waals surface area contributed by atoms with E-state index in [9.17, 15) is 0 Å². The van der Waals surface area contributed by atoms with Gasteiger partial charge in [0.15, 0.2) is 0 Å². The number of benzene rings is 1. The fraction of sp³-hybridized carbons (Fsp3) is 0.538. The van der Waals surface area contributed by atoms with Crippen LogP contribution in [-0.4, -0.2) is 37.9 Å². The summed E-state index contributed by atoms with van der Waals surface area (Å²) in [6, 6.07) is 8.69. The molecule has 1 aromatic carbocycles. The van der Waals surface area contributed by atoms with Gasteiger partial charge in [0.1, 0.15) is 0 Å². The highest BCUT2D eigenvalue weighted by Crippen LogP contribution is 2.38. The van der Waals surface area contributed by atoms with Crippen LogP contribution in [0.5, 0.6) is 0 Å². The van der Waals surface area contributed by atoms with Gasteiger partial charge in [0, 0.05) is 35.5 Å². The molecule has 94 valence electrons. The monoisotopic (exact) mass is 271 g/mol. The minimum Gasteiger partial charge on any atom is -0.379 e. The van der Waals surface area contributed by atoms with E-state index in [0.29, 0.717) is 18.4 Å². The first-order valence-electron chi connectivity index (χ1n) is 5.98. The molecule has 0 saturated heterocycles. The van der Waals surface area contributed by atoms with Crippen molar-refractivity contribution in [2.45, 2.75) is 10.8 Å². The van der Waals surface area contributed by atoms with E-state index in [-0.39, 0.29) is 0 Å². The summed E-state index contributed by atoms with van der Waals surface area (Å²) in [6.45, 7) is 3.33. The number of thioether (sulfide) groups is 1. The van der Waals surface area contributed by atoms with Crippen molar-refractivity contribution < 1.29 is 4.74 Å². The first-order valence-corrected chi connectivity index (χ1v) is 7.50. The van der Waals surface area contributed by atoms with E-state index in [1.807, 2.05) is 11.8 Å². The van der Waals surface area contributed by atoms with Crippen molar-refractivity contribution in [2.75, 3.05) is 37.9 Å². The molecule has 1 unspecified atom stereocenters. The van der Waals surface area contributed by atoms with E-state index in [4.69, 9.17) is 16.3 Å². The van der Waals surface area contributed by atoms with Gasteiger partial charge >= 0.3 is 0 Å². The standard InChI is InChI=1S/C13H18ClNOS/c14-5-7-16-8-6-15-9-11-10-17-13-4-2-1-3-12(11)13/h1-4,11,15H,5-10H2. The molecular formula is C13H18ClNOS. The van der Waals surface area contributed by atoms with Gasteiger partial charge in [0.2, 0.25) is 0 Å². The zero-order chi connectivity index (χ0) is 11.9. The van der Waals surface area contributed by atoms with Crippen LogP contribution in [0.4, 0.5) is 0 Å². The zero-order valence-electron chi connectivity index (χ0n) is 9.82. The second-order valence-corrected chi connectivity index (χ2v) is 5.49. The summed E-state index contributed by atoms with van der Waals surface area (Å²) >= 11 is 7.49. The average molecular weight is 272 g/mol. The van der Waals surface area contributed by atoms with Crippen molar-refractivity contribution >= 4 is 23.4 Å². The summed E-state index contributed by atoms with van der Waals surface area (Å²) in [4.78, 5) is 1.44. The molecule has 17 heavy (non-hydrogen) atoms. The highest BCUT2D eigenvalue weighted by Gasteiger charge is 2.21. The third-order valence-corrected chi connectivity index (χ3v) is 4.24. The molecular weight excluding hydrogens is 254 g/mol. The zero-order valence-corrected chi connectivity index (χ0v) is 11.4. The van der Waals surface area contributed by atoms with Crippen molar-refractivity contribution in [3.8, 4) is 0 Å². The molecule has 0 radical (unpaired) electrons. The van der Waals surface area contributed by atoms with Gasteiger partial charge in [-0.05, 0) is 11.6 Å². The van der Waals surface area contributed by atoms with Gasteiger partial charge in [-0.25, -0.2) is 0 Å². The lowest BCUT2D eigenvalue weighted by Crippen LogP contribution is -2.25. The predicted octanol–water partition coefficient (Wildman–Crippen LogP) is 2.72. The third-order valence-electron chi connectivity index (χ3n) is 2.83. The Morgan fingerprint density at radius 1 is 1.35 bits per heavy atom. The molecule has 1 atom stereocenters. The molecule has 1 heterocycles. The van der Waals surface area contributed by atoms with E-state index in [2.05, 4.69) is 29.6 Å². The Morgan fingerprint density at radius 3 is 3.12 bits per heavy atom. The van der Waals surface area contributed by atoms with Crippen molar-refractivity contribution in [2.24, 2.45) is 0 Å². The van der Waals surface area contributed by atoms with Gasteiger partial charge in [-0.2, -0.15) is 0 Å². The molecule has 0 fully saturated rings. The van der Waals surface area contributed by atoms with E-state index in [0.717, 1.165) is 19.7 Å². The molecule has 2 nitrogen and oxygen atoms in total. The van der Waals surface area contributed by atoms with E-state index < -0.39 is 0 Å². The number of hydrogen-bond acceptors (Lipinski definition) is 3. The van der Waals surface area contributed by atoms with Crippen LogP contribution >= 0.6 is 23.4 Å². The number of hydrogen-bond donors (Lipinski definition) is 1. The van der Waals surface area contributed by atoms with Crippen LogP contribution in [0.2, 0.25) is 0 Å². The first-order chi connectivity index (χ1) is 8.42. The molecule has 0 saturated carbocycles. The smallest absolute Gasteiger partial charge is 0.0602 e. The lowest BCUT2D eigenvalue weighted by molar-refractivity contribution is 0.151. The van der Waals surface area contributed by atoms with Crippen LogP contribution in [-0.2, 0) is 4.74 Å². The summed E-state index contributed by atoms with van der Waals surface area (Å²) in [5.41, 5.74) is 1.49.